The van der Waals surface area contributed by atoms with Gasteiger partial charge in [-0.25, -0.2) is 9.13 Å². The Labute approximate surface area is 97.1 Å². The van der Waals surface area contributed by atoms with Crippen molar-refractivity contribution in [2.24, 2.45) is 0 Å². The van der Waals surface area contributed by atoms with E-state index in [1.165, 1.54) is 0 Å². The molecule has 0 bridgehead atoms. The van der Waals surface area contributed by atoms with E-state index in [0.29, 0.717) is 6.42 Å². The molecule has 0 atom stereocenters. The molecule has 0 aliphatic carbocycles. The molecule has 0 aliphatic heterocycles. The highest BCUT2D eigenvalue weighted by molar-refractivity contribution is 4.71. The van der Waals surface area contributed by atoms with E-state index in [1.807, 2.05) is 0 Å². The van der Waals surface area contributed by atoms with Crippen LogP contribution in [0.25, 0.3) is 0 Å². The summed E-state index contributed by atoms with van der Waals surface area (Å²) >= 11 is 0. The summed E-state index contributed by atoms with van der Waals surface area (Å²) in [5.74, 6) is 0. The maximum atomic E-state index is 8.44. The van der Waals surface area contributed by atoms with Gasteiger partial charge in [0, 0.05) is 20.1 Å². The van der Waals surface area contributed by atoms with Gasteiger partial charge in [0.1, 0.15) is 12.4 Å². The monoisotopic (exact) mass is 222 g/mol. The van der Waals surface area contributed by atoms with Crippen molar-refractivity contribution in [3.63, 3.8) is 0 Å². The van der Waals surface area contributed by atoms with E-state index in [-0.39, 0.29) is 0 Å². The number of nitrogens with zero attached hydrogens (tertiary/aromatic N) is 3. The number of hydrogen-bond donors (Lipinski definition) is 0. The minimum absolute atomic E-state index is 0.631. The summed E-state index contributed by atoms with van der Waals surface area (Å²) < 4.78 is 9.32. The van der Waals surface area contributed by atoms with E-state index in [9.17, 15) is 0 Å². The maximum Gasteiger partial charge on any atom is 0.243 e. The quantitative estimate of drug-likeness (QED) is 0.494. The standard InChI is InChI=1S/C12H20N3O/c1-16-11-5-4-8-15-10-9-14(12-15)7-3-2-6-13/h9-10,12H,2-5,7-8,11H2,1H3/q+1. The van der Waals surface area contributed by atoms with Gasteiger partial charge in [-0.3, -0.25) is 0 Å². The van der Waals surface area contributed by atoms with Crippen LogP contribution < -0.4 is 4.57 Å². The Morgan fingerprint density at radius 1 is 1.38 bits per heavy atom. The lowest BCUT2D eigenvalue weighted by molar-refractivity contribution is -0.697. The molecule has 1 heterocycles. The van der Waals surface area contributed by atoms with Gasteiger partial charge >= 0.3 is 0 Å². The fourth-order valence-electron chi connectivity index (χ4n) is 1.58. The Morgan fingerprint density at radius 3 is 3.00 bits per heavy atom. The lowest BCUT2D eigenvalue weighted by Gasteiger charge is -1.97. The van der Waals surface area contributed by atoms with Crippen LogP contribution in [0, 0.1) is 11.3 Å². The Balaban J connectivity index is 2.20. The smallest absolute Gasteiger partial charge is 0.243 e. The summed E-state index contributed by atoms with van der Waals surface area (Å²) in [6, 6.07) is 2.16. The summed E-state index contributed by atoms with van der Waals surface area (Å²) in [4.78, 5) is 0. The van der Waals surface area contributed by atoms with Crippen molar-refractivity contribution in [1.82, 2.24) is 4.57 Å². The van der Waals surface area contributed by atoms with Gasteiger partial charge in [-0.2, -0.15) is 5.26 Å². The number of nitriles is 1. The van der Waals surface area contributed by atoms with Crippen molar-refractivity contribution < 1.29 is 9.30 Å². The van der Waals surface area contributed by atoms with Crippen molar-refractivity contribution in [3.8, 4) is 6.07 Å². The predicted octanol–water partition coefficient (Wildman–Crippen LogP) is 1.51. The second-order valence-electron chi connectivity index (χ2n) is 3.85. The molecule has 0 radical (unpaired) electrons. The molecule has 1 aromatic rings. The van der Waals surface area contributed by atoms with Crippen LogP contribution in [0.4, 0.5) is 0 Å². The first-order chi connectivity index (χ1) is 7.86. The normalized spacial score (nSPS) is 10.2. The fraction of sp³-hybridized carbons (Fsp3) is 0.667. The average Bonchev–Trinajstić information content (AvgIpc) is 2.73. The minimum atomic E-state index is 0.631. The molecule has 0 saturated heterocycles. The van der Waals surface area contributed by atoms with Crippen LogP contribution in [0.15, 0.2) is 18.7 Å². The highest BCUT2D eigenvalue weighted by atomic mass is 16.5. The van der Waals surface area contributed by atoms with E-state index in [4.69, 9.17) is 10.00 Å². The van der Waals surface area contributed by atoms with Crippen molar-refractivity contribution >= 4 is 0 Å². The van der Waals surface area contributed by atoms with Crippen LogP contribution in [-0.2, 0) is 17.8 Å². The van der Waals surface area contributed by atoms with Crippen molar-refractivity contribution in [3.05, 3.63) is 18.7 Å². The first kappa shape index (κ1) is 12.7. The number of hydrogen-bond acceptors (Lipinski definition) is 2. The number of aromatic nitrogens is 2. The van der Waals surface area contributed by atoms with Crippen LogP contribution in [0.3, 0.4) is 0 Å². The summed E-state index contributed by atoms with van der Waals surface area (Å²) in [5.41, 5.74) is 0. The van der Waals surface area contributed by atoms with Crippen molar-refractivity contribution in [2.75, 3.05) is 13.7 Å². The third-order valence-electron chi connectivity index (χ3n) is 2.47. The van der Waals surface area contributed by atoms with Gasteiger partial charge in [-0.15, -0.1) is 0 Å². The molecule has 1 rings (SSSR count). The molecule has 0 N–H and O–H groups in total. The Morgan fingerprint density at radius 2 is 2.25 bits per heavy atom. The van der Waals surface area contributed by atoms with Crippen molar-refractivity contribution in [1.29, 1.82) is 5.26 Å². The van der Waals surface area contributed by atoms with Gasteiger partial charge in [0.05, 0.1) is 19.2 Å². The molecule has 0 fully saturated rings. The van der Waals surface area contributed by atoms with Gasteiger partial charge in [0.15, 0.2) is 0 Å². The first-order valence-electron chi connectivity index (χ1n) is 5.77. The number of imidazole rings is 1. The van der Waals surface area contributed by atoms with Crippen LogP contribution in [0.5, 0.6) is 0 Å². The largest absolute Gasteiger partial charge is 0.385 e. The topological polar surface area (TPSA) is 41.8 Å². The van der Waals surface area contributed by atoms with E-state index >= 15 is 0 Å². The molecule has 4 nitrogen and oxygen atoms in total. The lowest BCUT2D eigenvalue weighted by Crippen LogP contribution is -2.31. The van der Waals surface area contributed by atoms with Crippen LogP contribution in [-0.4, -0.2) is 18.3 Å². The molecule has 0 amide bonds. The molecule has 0 spiro atoms. The zero-order valence-corrected chi connectivity index (χ0v) is 9.93. The van der Waals surface area contributed by atoms with Gasteiger partial charge in [0.25, 0.3) is 0 Å². The number of aryl methyl sites for hydroxylation is 2. The molecule has 0 aromatic carbocycles. The second-order valence-corrected chi connectivity index (χ2v) is 3.85. The van der Waals surface area contributed by atoms with Gasteiger partial charge in [-0.05, 0) is 19.3 Å². The molecular formula is C12H20N3O+. The summed E-state index contributed by atoms with van der Waals surface area (Å²) in [6.07, 6.45) is 10.0. The Hall–Kier alpha value is -1.34. The highest BCUT2D eigenvalue weighted by Gasteiger charge is 2.02. The molecule has 0 unspecified atom stereocenters. The van der Waals surface area contributed by atoms with Crippen LogP contribution >= 0.6 is 0 Å². The first-order valence-corrected chi connectivity index (χ1v) is 5.77. The zero-order valence-electron chi connectivity index (χ0n) is 9.93. The highest BCUT2D eigenvalue weighted by Crippen LogP contribution is 1.94. The molecule has 16 heavy (non-hydrogen) atoms. The maximum absolute atomic E-state index is 8.44. The molecule has 88 valence electrons. The summed E-state index contributed by atoms with van der Waals surface area (Å²) in [6.45, 7) is 2.80. The Bertz CT molecular complexity index is 327. The molecule has 1 aromatic heterocycles. The third-order valence-corrected chi connectivity index (χ3v) is 2.47. The summed E-state index contributed by atoms with van der Waals surface area (Å²) in [7, 11) is 1.73. The van der Waals surface area contributed by atoms with Crippen LogP contribution in [0.2, 0.25) is 0 Å². The lowest BCUT2D eigenvalue weighted by atomic mass is 10.3. The predicted molar refractivity (Wildman–Crippen MR) is 60.6 cm³/mol. The summed E-state index contributed by atoms with van der Waals surface area (Å²) in [5, 5.41) is 8.44. The molecule has 4 heteroatoms. The third kappa shape index (κ3) is 4.94. The number of unbranched alkanes of at least 4 members (excludes halogenated alkanes) is 2. The van der Waals surface area contributed by atoms with Crippen LogP contribution in [0.1, 0.15) is 25.7 Å². The van der Waals surface area contributed by atoms with Gasteiger partial charge < -0.3 is 4.74 Å². The fourth-order valence-corrected chi connectivity index (χ4v) is 1.58. The molecule has 0 saturated carbocycles. The molecular weight excluding hydrogens is 202 g/mol. The van der Waals surface area contributed by atoms with E-state index in [0.717, 1.165) is 39.0 Å². The van der Waals surface area contributed by atoms with Gasteiger partial charge in [-0.1, -0.05) is 0 Å². The van der Waals surface area contributed by atoms with E-state index < -0.39 is 0 Å². The SMILES string of the molecule is COCCCC[n+]1ccn(CCCC#N)c1. The number of rotatable bonds is 8. The average molecular weight is 222 g/mol. The van der Waals surface area contributed by atoms with Crippen molar-refractivity contribution in [2.45, 2.75) is 38.8 Å². The minimum Gasteiger partial charge on any atom is -0.385 e. The zero-order chi connectivity index (χ0) is 11.6. The number of methoxy groups -OCH3 is 1. The Kier molecular flexibility index (Phi) is 6.28. The van der Waals surface area contributed by atoms with E-state index in [1.54, 1.807) is 7.11 Å². The second kappa shape index (κ2) is 7.89. The molecule has 0 aliphatic rings. The number of ether oxygens (including phenoxy) is 1. The van der Waals surface area contributed by atoms with E-state index in [2.05, 4.69) is 33.9 Å². The van der Waals surface area contributed by atoms with Gasteiger partial charge in [0.2, 0.25) is 6.33 Å².